The van der Waals surface area contributed by atoms with Crippen LogP contribution < -0.4 is 0 Å². The zero-order valence-electron chi connectivity index (χ0n) is 12.5. The summed E-state index contributed by atoms with van der Waals surface area (Å²) >= 11 is 0. The molecule has 6 heteroatoms. The van der Waals surface area contributed by atoms with Crippen LogP contribution in [0.1, 0.15) is 27.7 Å². The van der Waals surface area contributed by atoms with Crippen molar-refractivity contribution in [3.8, 4) is 0 Å². The minimum Gasteiger partial charge on any atom is -0.513 e. The van der Waals surface area contributed by atoms with E-state index in [4.69, 9.17) is 9.47 Å². The fourth-order valence-electron chi connectivity index (χ4n) is 2.11. The number of hydrogen-bond acceptors (Lipinski definition) is 5. The molecule has 6 nitrogen and oxygen atoms in total. The van der Waals surface area contributed by atoms with Crippen LogP contribution in [0.2, 0.25) is 0 Å². The molecule has 2 atom stereocenters. The van der Waals surface area contributed by atoms with Gasteiger partial charge in [-0.05, 0) is 27.7 Å². The Morgan fingerprint density at radius 1 is 1.30 bits per heavy atom. The summed E-state index contributed by atoms with van der Waals surface area (Å²) in [6.07, 6.45) is -0.504. The lowest BCUT2D eigenvalue weighted by molar-refractivity contribution is -0.148. The van der Waals surface area contributed by atoms with E-state index >= 15 is 0 Å². The third kappa shape index (κ3) is 4.15. The van der Waals surface area contributed by atoms with Gasteiger partial charge in [-0.3, -0.25) is 4.79 Å². The first kappa shape index (κ1) is 16.3. The molecule has 0 saturated carbocycles. The quantitative estimate of drug-likeness (QED) is 0.635. The van der Waals surface area contributed by atoms with Gasteiger partial charge >= 0.3 is 12.1 Å². The third-order valence-electron chi connectivity index (χ3n) is 2.99. The first-order chi connectivity index (χ1) is 9.15. The first-order valence-corrected chi connectivity index (χ1v) is 6.68. The van der Waals surface area contributed by atoms with E-state index in [2.05, 4.69) is 6.58 Å². The van der Waals surface area contributed by atoms with E-state index in [0.29, 0.717) is 0 Å². The van der Waals surface area contributed by atoms with Crippen LogP contribution >= 0.6 is 0 Å². The van der Waals surface area contributed by atoms with Crippen molar-refractivity contribution in [2.75, 3.05) is 19.7 Å². The van der Waals surface area contributed by atoms with Crippen molar-refractivity contribution >= 4 is 12.1 Å². The Balaban J connectivity index is 2.77. The van der Waals surface area contributed by atoms with Crippen LogP contribution in [0.25, 0.3) is 0 Å². The number of likely N-dealkylation sites (tertiary alicyclic amines) is 1. The largest absolute Gasteiger partial charge is 0.513 e. The molecule has 20 heavy (non-hydrogen) atoms. The van der Waals surface area contributed by atoms with Gasteiger partial charge in [-0.1, -0.05) is 6.58 Å². The number of amides is 1. The second-order valence-electron chi connectivity index (χ2n) is 5.84. The molecule has 1 heterocycles. The molecule has 114 valence electrons. The molecule has 0 aromatic heterocycles. The van der Waals surface area contributed by atoms with Crippen molar-refractivity contribution in [3.05, 3.63) is 12.3 Å². The molecule has 1 saturated heterocycles. The summed E-state index contributed by atoms with van der Waals surface area (Å²) in [6, 6.07) is 0. The lowest BCUT2D eigenvalue weighted by Gasteiger charge is -2.24. The van der Waals surface area contributed by atoms with E-state index in [9.17, 15) is 14.7 Å². The standard InChI is InChI=1S/C14H23NO5/c1-6-19-12(17)11-8-15(7-10(11)9(2)16)13(18)20-14(3,4)5/h10-11,16H,2,6-8H2,1,3-5H3/t10-,11+/m1/s1. The summed E-state index contributed by atoms with van der Waals surface area (Å²) in [5.74, 6) is -1.66. The summed E-state index contributed by atoms with van der Waals surface area (Å²) in [4.78, 5) is 25.3. The van der Waals surface area contributed by atoms with Crippen molar-refractivity contribution in [1.29, 1.82) is 0 Å². The second kappa shape index (κ2) is 6.15. The molecule has 1 aliphatic heterocycles. The monoisotopic (exact) mass is 285 g/mol. The van der Waals surface area contributed by atoms with Crippen molar-refractivity contribution in [2.45, 2.75) is 33.3 Å². The van der Waals surface area contributed by atoms with Crippen molar-refractivity contribution in [1.82, 2.24) is 4.90 Å². The maximum atomic E-state index is 12.0. The molecule has 1 amide bonds. The Hall–Kier alpha value is -1.72. The smallest absolute Gasteiger partial charge is 0.410 e. The van der Waals surface area contributed by atoms with Crippen LogP contribution in [-0.2, 0) is 14.3 Å². The molecule has 0 unspecified atom stereocenters. The zero-order valence-corrected chi connectivity index (χ0v) is 12.5. The van der Waals surface area contributed by atoms with Crippen molar-refractivity contribution in [3.63, 3.8) is 0 Å². The van der Waals surface area contributed by atoms with Gasteiger partial charge in [0.05, 0.1) is 18.3 Å². The fourth-order valence-corrected chi connectivity index (χ4v) is 2.11. The number of esters is 1. The first-order valence-electron chi connectivity index (χ1n) is 6.68. The number of aliphatic hydroxyl groups is 1. The highest BCUT2D eigenvalue weighted by Crippen LogP contribution is 2.30. The number of nitrogens with zero attached hydrogens (tertiary/aromatic N) is 1. The molecule has 0 aliphatic carbocycles. The van der Waals surface area contributed by atoms with E-state index in [1.807, 2.05) is 0 Å². The number of hydrogen-bond donors (Lipinski definition) is 1. The van der Waals surface area contributed by atoms with Gasteiger partial charge in [0.15, 0.2) is 0 Å². The second-order valence-corrected chi connectivity index (χ2v) is 5.84. The molecule has 0 bridgehead atoms. The van der Waals surface area contributed by atoms with E-state index in [1.165, 1.54) is 4.90 Å². The number of carbonyl (C=O) groups is 2. The van der Waals surface area contributed by atoms with Gasteiger partial charge in [0.2, 0.25) is 0 Å². The number of carbonyl (C=O) groups excluding carboxylic acids is 2. The van der Waals surface area contributed by atoms with E-state index < -0.39 is 29.5 Å². The van der Waals surface area contributed by atoms with Gasteiger partial charge in [-0.25, -0.2) is 4.79 Å². The summed E-state index contributed by atoms with van der Waals surface area (Å²) in [5.41, 5.74) is -0.606. The molecule has 0 aromatic rings. The van der Waals surface area contributed by atoms with Gasteiger partial charge in [0.1, 0.15) is 5.60 Å². The lowest BCUT2D eigenvalue weighted by atomic mass is 9.95. The SMILES string of the molecule is C=C(O)[C@H]1CN(C(=O)OC(C)(C)C)C[C@@H]1C(=O)OCC. The highest BCUT2D eigenvalue weighted by molar-refractivity contribution is 5.76. The van der Waals surface area contributed by atoms with Crippen molar-refractivity contribution in [2.24, 2.45) is 11.8 Å². The van der Waals surface area contributed by atoms with Gasteiger partial charge in [0.25, 0.3) is 0 Å². The average molecular weight is 285 g/mol. The van der Waals surface area contributed by atoms with Crippen LogP contribution in [0.3, 0.4) is 0 Å². The van der Waals surface area contributed by atoms with Gasteiger partial charge in [-0.2, -0.15) is 0 Å². The van der Waals surface area contributed by atoms with Crippen molar-refractivity contribution < 1.29 is 24.2 Å². The number of ether oxygens (including phenoxy) is 2. The minimum atomic E-state index is -0.606. The predicted molar refractivity (Wildman–Crippen MR) is 73.2 cm³/mol. The molecule has 1 N–H and O–H groups in total. The van der Waals surface area contributed by atoms with Crippen LogP contribution in [0.4, 0.5) is 4.79 Å². The van der Waals surface area contributed by atoms with E-state index in [1.54, 1.807) is 27.7 Å². The summed E-state index contributed by atoms with van der Waals surface area (Å²) < 4.78 is 10.2. The molecule has 0 spiro atoms. The Morgan fingerprint density at radius 2 is 1.85 bits per heavy atom. The zero-order chi connectivity index (χ0) is 15.5. The Labute approximate surface area is 119 Å². The lowest BCUT2D eigenvalue weighted by Crippen LogP contribution is -2.36. The van der Waals surface area contributed by atoms with Crippen LogP contribution in [0.15, 0.2) is 12.3 Å². The Morgan fingerprint density at radius 3 is 2.30 bits per heavy atom. The topological polar surface area (TPSA) is 76.1 Å². The molecule has 1 fully saturated rings. The maximum Gasteiger partial charge on any atom is 0.410 e. The highest BCUT2D eigenvalue weighted by atomic mass is 16.6. The summed E-state index contributed by atoms with van der Waals surface area (Å²) in [7, 11) is 0. The molecule has 1 rings (SSSR count). The van der Waals surface area contributed by atoms with Gasteiger partial charge in [-0.15, -0.1) is 0 Å². The Bertz CT molecular complexity index is 399. The molecule has 1 aliphatic rings. The molecular formula is C14H23NO5. The van der Waals surface area contributed by atoms with Crippen LogP contribution in [0, 0.1) is 11.8 Å². The minimum absolute atomic E-state index is 0.117. The highest BCUT2D eigenvalue weighted by Gasteiger charge is 2.43. The molecular weight excluding hydrogens is 262 g/mol. The van der Waals surface area contributed by atoms with E-state index in [-0.39, 0.29) is 25.5 Å². The molecule has 0 radical (unpaired) electrons. The number of aliphatic hydroxyl groups excluding tert-OH is 1. The van der Waals surface area contributed by atoms with Crippen LogP contribution in [-0.4, -0.2) is 47.4 Å². The van der Waals surface area contributed by atoms with Crippen LogP contribution in [0.5, 0.6) is 0 Å². The fraction of sp³-hybridized carbons (Fsp3) is 0.714. The van der Waals surface area contributed by atoms with Gasteiger partial charge in [0, 0.05) is 19.0 Å². The number of rotatable bonds is 3. The molecule has 0 aromatic carbocycles. The predicted octanol–water partition coefficient (Wildman–Crippen LogP) is 2.10. The Kier molecular flexibility index (Phi) is 5.03. The normalized spacial score (nSPS) is 22.5. The average Bonchev–Trinajstić information content (AvgIpc) is 2.71. The van der Waals surface area contributed by atoms with Gasteiger partial charge < -0.3 is 19.5 Å². The summed E-state index contributed by atoms with van der Waals surface area (Å²) in [6.45, 7) is 11.1. The third-order valence-corrected chi connectivity index (χ3v) is 2.99. The maximum absolute atomic E-state index is 12.0. The summed E-state index contributed by atoms with van der Waals surface area (Å²) in [5, 5.41) is 9.59. The van der Waals surface area contributed by atoms with E-state index in [0.717, 1.165) is 0 Å².